The lowest BCUT2D eigenvalue weighted by Crippen LogP contribution is -2.44. The minimum atomic E-state index is -0.506. The van der Waals surface area contributed by atoms with Crippen LogP contribution in [-0.4, -0.2) is 60.1 Å². The van der Waals surface area contributed by atoms with Gasteiger partial charge in [-0.25, -0.2) is 4.79 Å². The molecule has 3 aliphatic rings. The highest BCUT2D eigenvalue weighted by Gasteiger charge is 2.56. The van der Waals surface area contributed by atoms with Crippen molar-refractivity contribution in [3.05, 3.63) is 29.3 Å². The van der Waals surface area contributed by atoms with Crippen LogP contribution in [0.3, 0.4) is 0 Å². The number of likely N-dealkylation sites (tertiary alicyclic amines) is 1. The molecule has 1 aromatic rings. The first kappa shape index (κ1) is 16.7. The van der Waals surface area contributed by atoms with E-state index in [9.17, 15) is 19.5 Å². The Hall–Kier alpha value is -2.77. The SMILES string of the molecule is Cc1ccc(C(=O)N2CC3C(CNC(=O)[C@H]4CNC(=O)N4)C3C2)cc1O. The van der Waals surface area contributed by atoms with Crippen molar-refractivity contribution in [1.82, 2.24) is 20.9 Å². The van der Waals surface area contributed by atoms with E-state index in [1.54, 1.807) is 19.1 Å². The standard InChI is InChI=1S/C18H22N4O4/c1-9-2-3-10(4-15(9)23)17(25)22-7-12-11(13(12)8-22)5-19-16(24)14-6-20-18(26)21-14/h2-4,11-14,23H,5-8H2,1H3,(H,19,24)(H2,20,21,26)/t11?,12?,13?,14-/m1/s1. The molecule has 0 aromatic heterocycles. The van der Waals surface area contributed by atoms with E-state index in [4.69, 9.17) is 0 Å². The predicted octanol–water partition coefficient (Wildman–Crippen LogP) is -0.184. The van der Waals surface area contributed by atoms with E-state index < -0.39 is 6.04 Å². The van der Waals surface area contributed by atoms with Crippen molar-refractivity contribution in [2.45, 2.75) is 13.0 Å². The number of hydrogen-bond donors (Lipinski definition) is 4. The number of nitrogens with one attached hydrogen (secondary N) is 3. The highest BCUT2D eigenvalue weighted by Crippen LogP contribution is 2.51. The average molecular weight is 358 g/mol. The van der Waals surface area contributed by atoms with E-state index >= 15 is 0 Å². The number of phenols is 1. The Morgan fingerprint density at radius 3 is 2.65 bits per heavy atom. The van der Waals surface area contributed by atoms with E-state index in [0.29, 0.717) is 49.5 Å². The number of carbonyl (C=O) groups is 3. The first-order valence-electron chi connectivity index (χ1n) is 8.85. The van der Waals surface area contributed by atoms with Crippen molar-refractivity contribution in [1.29, 1.82) is 0 Å². The zero-order valence-electron chi connectivity index (χ0n) is 14.5. The number of aromatic hydroxyl groups is 1. The van der Waals surface area contributed by atoms with Crippen molar-refractivity contribution in [2.75, 3.05) is 26.2 Å². The number of aryl methyl sites for hydroxylation is 1. The maximum absolute atomic E-state index is 12.6. The molecule has 0 radical (unpaired) electrons. The summed E-state index contributed by atoms with van der Waals surface area (Å²) in [6.07, 6.45) is 0. The normalized spacial score (nSPS) is 29.0. The lowest BCUT2D eigenvalue weighted by atomic mass is 10.1. The number of nitrogens with zero attached hydrogens (tertiary/aromatic N) is 1. The molecule has 2 heterocycles. The summed E-state index contributed by atoms with van der Waals surface area (Å²) in [5, 5.41) is 17.8. The fraction of sp³-hybridized carbons (Fsp3) is 0.500. The molecule has 3 fully saturated rings. The van der Waals surface area contributed by atoms with Gasteiger partial charge in [-0.2, -0.15) is 0 Å². The number of piperidine rings is 1. The molecular weight excluding hydrogens is 336 g/mol. The molecule has 4 N–H and O–H groups in total. The molecule has 0 bridgehead atoms. The molecule has 8 nitrogen and oxygen atoms in total. The summed E-state index contributed by atoms with van der Waals surface area (Å²) < 4.78 is 0. The zero-order chi connectivity index (χ0) is 18.4. The van der Waals surface area contributed by atoms with E-state index in [1.807, 2.05) is 4.90 Å². The van der Waals surface area contributed by atoms with Crippen LogP contribution in [0.25, 0.3) is 0 Å². The number of urea groups is 1. The van der Waals surface area contributed by atoms with E-state index in [0.717, 1.165) is 5.56 Å². The van der Waals surface area contributed by atoms with Gasteiger partial charge in [0.05, 0.1) is 0 Å². The second-order valence-electron chi connectivity index (χ2n) is 7.36. The maximum atomic E-state index is 12.6. The van der Waals surface area contributed by atoms with Gasteiger partial charge in [-0.05, 0) is 42.4 Å². The van der Waals surface area contributed by atoms with Crippen molar-refractivity contribution >= 4 is 17.8 Å². The molecule has 2 unspecified atom stereocenters. The van der Waals surface area contributed by atoms with Gasteiger partial charge in [-0.1, -0.05) is 6.07 Å². The number of carbonyl (C=O) groups excluding carboxylic acids is 3. The van der Waals surface area contributed by atoms with Gasteiger partial charge in [0.25, 0.3) is 5.91 Å². The third-order valence-corrected chi connectivity index (χ3v) is 5.72. The minimum Gasteiger partial charge on any atom is -0.508 e. The Bertz CT molecular complexity index is 768. The van der Waals surface area contributed by atoms with Crippen LogP contribution in [0.1, 0.15) is 15.9 Å². The highest BCUT2D eigenvalue weighted by atomic mass is 16.3. The van der Waals surface area contributed by atoms with Crippen LogP contribution in [0, 0.1) is 24.7 Å². The molecule has 4 amide bonds. The molecular formula is C18H22N4O4. The molecule has 4 rings (SSSR count). The Morgan fingerprint density at radius 1 is 1.31 bits per heavy atom. The number of fused-ring (bicyclic) bond motifs is 1. The minimum absolute atomic E-state index is 0.0602. The van der Waals surface area contributed by atoms with Gasteiger partial charge in [0.2, 0.25) is 5.91 Å². The maximum Gasteiger partial charge on any atom is 0.315 e. The highest BCUT2D eigenvalue weighted by molar-refractivity contribution is 5.95. The van der Waals surface area contributed by atoms with E-state index in [1.165, 1.54) is 6.07 Å². The molecule has 1 aromatic carbocycles. The number of hydrogen-bond acceptors (Lipinski definition) is 4. The summed E-state index contributed by atoms with van der Waals surface area (Å²) >= 11 is 0. The Morgan fingerprint density at radius 2 is 2.04 bits per heavy atom. The second kappa shape index (κ2) is 6.19. The van der Waals surface area contributed by atoms with Gasteiger partial charge >= 0.3 is 6.03 Å². The molecule has 1 aliphatic carbocycles. The third-order valence-electron chi connectivity index (χ3n) is 5.72. The van der Waals surface area contributed by atoms with Gasteiger partial charge in [0, 0.05) is 31.7 Å². The summed E-state index contributed by atoms with van der Waals surface area (Å²) in [5.41, 5.74) is 1.25. The second-order valence-corrected chi connectivity index (χ2v) is 7.36. The zero-order valence-corrected chi connectivity index (χ0v) is 14.5. The first-order chi connectivity index (χ1) is 12.4. The van der Waals surface area contributed by atoms with Crippen LogP contribution < -0.4 is 16.0 Å². The van der Waals surface area contributed by atoms with Crippen molar-refractivity contribution in [2.24, 2.45) is 17.8 Å². The lowest BCUT2D eigenvalue weighted by Gasteiger charge is -2.20. The van der Waals surface area contributed by atoms with Crippen LogP contribution in [0.5, 0.6) is 5.75 Å². The number of amides is 4. The van der Waals surface area contributed by atoms with E-state index in [2.05, 4.69) is 16.0 Å². The number of phenolic OH excluding ortho intramolecular Hbond substituents is 1. The predicted molar refractivity (Wildman–Crippen MR) is 92.5 cm³/mol. The summed E-state index contributed by atoms with van der Waals surface area (Å²) in [6.45, 7) is 4.04. The van der Waals surface area contributed by atoms with Crippen molar-refractivity contribution in [3.63, 3.8) is 0 Å². The van der Waals surface area contributed by atoms with Gasteiger partial charge in [-0.3, -0.25) is 9.59 Å². The van der Waals surface area contributed by atoms with Gasteiger partial charge < -0.3 is 26.0 Å². The van der Waals surface area contributed by atoms with Crippen LogP contribution >= 0.6 is 0 Å². The Kier molecular flexibility index (Phi) is 3.97. The average Bonchev–Trinajstić information content (AvgIpc) is 2.97. The van der Waals surface area contributed by atoms with Crippen molar-refractivity contribution < 1.29 is 19.5 Å². The topological polar surface area (TPSA) is 111 Å². The number of rotatable bonds is 4. The van der Waals surface area contributed by atoms with Crippen molar-refractivity contribution in [3.8, 4) is 5.75 Å². The molecule has 1 saturated carbocycles. The van der Waals surface area contributed by atoms with Gasteiger partial charge in [0.15, 0.2) is 0 Å². The van der Waals surface area contributed by atoms with Crippen LogP contribution in [-0.2, 0) is 4.79 Å². The third kappa shape index (κ3) is 2.95. The van der Waals surface area contributed by atoms with Crippen LogP contribution in [0.15, 0.2) is 18.2 Å². The summed E-state index contributed by atoms with van der Waals surface area (Å²) in [7, 11) is 0. The number of benzene rings is 1. The summed E-state index contributed by atoms with van der Waals surface area (Å²) in [6, 6.07) is 4.18. The van der Waals surface area contributed by atoms with Crippen LogP contribution in [0.2, 0.25) is 0 Å². The van der Waals surface area contributed by atoms with E-state index in [-0.39, 0.29) is 23.6 Å². The molecule has 138 valence electrons. The van der Waals surface area contributed by atoms with Crippen LogP contribution in [0.4, 0.5) is 4.79 Å². The molecule has 0 spiro atoms. The molecule has 3 atom stereocenters. The molecule has 2 saturated heterocycles. The first-order valence-corrected chi connectivity index (χ1v) is 8.85. The quantitative estimate of drug-likeness (QED) is 0.598. The fourth-order valence-corrected chi connectivity index (χ4v) is 4.00. The molecule has 26 heavy (non-hydrogen) atoms. The Balaban J connectivity index is 1.26. The monoisotopic (exact) mass is 358 g/mol. The molecule has 2 aliphatic heterocycles. The van der Waals surface area contributed by atoms with Gasteiger partial charge in [0.1, 0.15) is 11.8 Å². The Labute approximate surface area is 150 Å². The lowest BCUT2D eigenvalue weighted by molar-refractivity contribution is -0.122. The molecule has 8 heteroatoms. The largest absolute Gasteiger partial charge is 0.508 e. The van der Waals surface area contributed by atoms with Gasteiger partial charge in [-0.15, -0.1) is 0 Å². The smallest absolute Gasteiger partial charge is 0.315 e. The fourth-order valence-electron chi connectivity index (χ4n) is 4.00. The summed E-state index contributed by atoms with van der Waals surface area (Å²) in [4.78, 5) is 37.4. The summed E-state index contributed by atoms with van der Waals surface area (Å²) in [5.74, 6) is 1.12.